The summed E-state index contributed by atoms with van der Waals surface area (Å²) in [5, 5.41) is 7.27. The Morgan fingerprint density at radius 2 is 1.93 bits per heavy atom. The van der Waals surface area contributed by atoms with Crippen LogP contribution in [-0.2, 0) is 14.3 Å². The molecule has 1 aromatic carbocycles. The normalized spacial score (nSPS) is 18.9. The van der Waals surface area contributed by atoms with Crippen molar-refractivity contribution < 1.29 is 14.3 Å². The Labute approximate surface area is 237 Å². The number of nitrogens with zero attached hydrogens (tertiary/aromatic N) is 4. The second-order valence-electron chi connectivity index (χ2n) is 11.2. The molecular weight excluding hydrogens is 504 g/mol. The van der Waals surface area contributed by atoms with Crippen molar-refractivity contribution in [2.45, 2.75) is 109 Å². The van der Waals surface area contributed by atoms with E-state index in [1.54, 1.807) is 0 Å². The van der Waals surface area contributed by atoms with Gasteiger partial charge in [0.1, 0.15) is 6.23 Å². The average molecular weight is 549 g/mol. The van der Waals surface area contributed by atoms with Crippen LogP contribution in [0, 0.1) is 0 Å². The quantitative estimate of drug-likeness (QED) is 0.228. The minimum Gasteiger partial charge on any atom is -0.469 e. The molecule has 2 N–H and O–H groups in total. The van der Waals surface area contributed by atoms with Gasteiger partial charge in [-0.15, -0.1) is 0 Å². The maximum atomic E-state index is 12.0. The molecule has 0 radical (unpaired) electrons. The molecule has 2 aromatic heterocycles. The highest BCUT2D eigenvalue weighted by Gasteiger charge is 2.24. The number of carbonyl (C=O) groups excluding carboxylic acids is 1. The number of nitrogens with one attached hydrogen (secondary N) is 2. The van der Waals surface area contributed by atoms with Gasteiger partial charge in [-0.25, -0.2) is 4.98 Å². The van der Waals surface area contributed by atoms with Gasteiger partial charge in [-0.1, -0.05) is 57.2 Å². The number of methoxy groups -OCH3 is 1. The standard InChI is InChI=1S/C31H44N6O3/c1-3-4-12-22(18-19-27(38)39-2)24-15-8-9-16-25(24)34-31-35-29(33-23-13-6-5-7-14-23)28-30(36-31)37(21-32-28)26-17-10-11-20-40-26/h8-9,15-16,21-23,26H,3-7,10-14,17-20H2,1-2H3,(H2,33,34,35,36). The van der Waals surface area contributed by atoms with Gasteiger partial charge in [-0.05, 0) is 62.5 Å². The van der Waals surface area contributed by atoms with E-state index < -0.39 is 0 Å². The van der Waals surface area contributed by atoms with Crippen molar-refractivity contribution >= 4 is 34.6 Å². The number of rotatable bonds is 12. The number of ether oxygens (including phenoxy) is 2. The van der Waals surface area contributed by atoms with E-state index in [0.717, 1.165) is 87.1 Å². The van der Waals surface area contributed by atoms with E-state index in [2.05, 4.69) is 40.3 Å². The van der Waals surface area contributed by atoms with Crippen molar-refractivity contribution in [2.75, 3.05) is 24.4 Å². The number of carbonyl (C=O) groups is 1. The number of imidazole rings is 1. The van der Waals surface area contributed by atoms with E-state index in [0.29, 0.717) is 18.4 Å². The van der Waals surface area contributed by atoms with E-state index in [-0.39, 0.29) is 18.1 Å². The molecule has 40 heavy (non-hydrogen) atoms. The molecule has 0 amide bonds. The van der Waals surface area contributed by atoms with Gasteiger partial charge in [0.15, 0.2) is 17.0 Å². The predicted molar refractivity (Wildman–Crippen MR) is 158 cm³/mol. The van der Waals surface area contributed by atoms with Crippen LogP contribution in [0.4, 0.5) is 17.5 Å². The molecule has 9 nitrogen and oxygen atoms in total. The first-order valence-corrected chi connectivity index (χ1v) is 15.2. The van der Waals surface area contributed by atoms with Gasteiger partial charge in [0.2, 0.25) is 5.95 Å². The summed E-state index contributed by atoms with van der Waals surface area (Å²) in [6, 6.07) is 8.71. The fraction of sp³-hybridized carbons (Fsp3) is 0.613. The number of hydrogen-bond acceptors (Lipinski definition) is 8. The third kappa shape index (κ3) is 6.92. The molecule has 5 rings (SSSR count). The topological polar surface area (TPSA) is 103 Å². The van der Waals surface area contributed by atoms with Gasteiger partial charge in [0, 0.05) is 24.8 Å². The summed E-state index contributed by atoms with van der Waals surface area (Å²) in [6.07, 6.45) is 15.4. The summed E-state index contributed by atoms with van der Waals surface area (Å²) >= 11 is 0. The third-order valence-electron chi connectivity index (χ3n) is 8.31. The first kappa shape index (κ1) is 28.3. The van der Waals surface area contributed by atoms with Crippen molar-refractivity contribution in [2.24, 2.45) is 0 Å². The van der Waals surface area contributed by atoms with Gasteiger partial charge < -0.3 is 20.1 Å². The van der Waals surface area contributed by atoms with Gasteiger partial charge in [0.25, 0.3) is 0 Å². The summed E-state index contributed by atoms with van der Waals surface area (Å²) in [5.74, 6) is 1.38. The first-order chi connectivity index (χ1) is 19.7. The molecule has 1 saturated heterocycles. The lowest BCUT2D eigenvalue weighted by atomic mass is 9.88. The second kappa shape index (κ2) is 13.9. The third-order valence-corrected chi connectivity index (χ3v) is 8.31. The molecule has 2 unspecified atom stereocenters. The fourth-order valence-corrected chi connectivity index (χ4v) is 6.05. The molecule has 1 saturated carbocycles. The van der Waals surface area contributed by atoms with Gasteiger partial charge >= 0.3 is 5.97 Å². The summed E-state index contributed by atoms with van der Waals surface area (Å²) in [4.78, 5) is 26.7. The van der Waals surface area contributed by atoms with Gasteiger partial charge in [-0.2, -0.15) is 9.97 Å². The lowest BCUT2D eigenvalue weighted by molar-refractivity contribution is -0.140. The Balaban J connectivity index is 1.48. The van der Waals surface area contributed by atoms with Gasteiger partial charge in [-0.3, -0.25) is 9.36 Å². The van der Waals surface area contributed by atoms with Crippen molar-refractivity contribution in [3.05, 3.63) is 36.2 Å². The van der Waals surface area contributed by atoms with Crippen LogP contribution in [0.3, 0.4) is 0 Å². The number of unbranched alkanes of at least 4 members (excludes halogenated alkanes) is 1. The molecule has 1 aliphatic heterocycles. The van der Waals surface area contributed by atoms with Crippen molar-refractivity contribution in [1.29, 1.82) is 0 Å². The largest absolute Gasteiger partial charge is 0.469 e. The average Bonchev–Trinajstić information content (AvgIpc) is 3.43. The van der Waals surface area contributed by atoms with Crippen LogP contribution in [-0.4, -0.2) is 45.2 Å². The Hall–Kier alpha value is -3.20. The molecule has 9 heteroatoms. The highest BCUT2D eigenvalue weighted by molar-refractivity contribution is 5.85. The van der Waals surface area contributed by atoms with Crippen molar-refractivity contribution in [3.63, 3.8) is 0 Å². The fourth-order valence-electron chi connectivity index (χ4n) is 6.05. The van der Waals surface area contributed by atoms with E-state index in [9.17, 15) is 4.79 Å². The summed E-state index contributed by atoms with van der Waals surface area (Å²) < 4.78 is 13.1. The molecule has 216 valence electrons. The maximum Gasteiger partial charge on any atom is 0.305 e. The summed E-state index contributed by atoms with van der Waals surface area (Å²) in [7, 11) is 1.45. The summed E-state index contributed by atoms with van der Waals surface area (Å²) in [5.41, 5.74) is 3.72. The molecule has 0 bridgehead atoms. The summed E-state index contributed by atoms with van der Waals surface area (Å²) in [6.45, 7) is 2.95. The number of anilines is 3. The van der Waals surface area contributed by atoms with Crippen molar-refractivity contribution in [1.82, 2.24) is 19.5 Å². The Kier molecular flexibility index (Phi) is 9.86. The van der Waals surface area contributed by atoms with Crippen LogP contribution < -0.4 is 10.6 Å². The molecular formula is C31H44N6O3. The first-order valence-electron chi connectivity index (χ1n) is 15.2. The maximum absolute atomic E-state index is 12.0. The lowest BCUT2D eigenvalue weighted by Gasteiger charge is -2.25. The molecule has 2 aliphatic rings. The van der Waals surface area contributed by atoms with Crippen LogP contribution in [0.2, 0.25) is 0 Å². The number of aromatic nitrogens is 4. The van der Waals surface area contributed by atoms with Crippen LogP contribution >= 0.6 is 0 Å². The highest BCUT2D eigenvalue weighted by Crippen LogP contribution is 2.35. The number of benzene rings is 1. The van der Waals surface area contributed by atoms with E-state index >= 15 is 0 Å². The van der Waals surface area contributed by atoms with Crippen LogP contribution in [0.15, 0.2) is 30.6 Å². The van der Waals surface area contributed by atoms with Crippen LogP contribution in [0.25, 0.3) is 11.2 Å². The molecule has 2 atom stereocenters. The van der Waals surface area contributed by atoms with E-state index in [1.807, 2.05) is 12.4 Å². The van der Waals surface area contributed by atoms with Crippen molar-refractivity contribution in [3.8, 4) is 0 Å². The monoisotopic (exact) mass is 548 g/mol. The highest BCUT2D eigenvalue weighted by atomic mass is 16.5. The Morgan fingerprint density at radius 1 is 1.10 bits per heavy atom. The van der Waals surface area contributed by atoms with Crippen LogP contribution in [0.1, 0.15) is 108 Å². The van der Waals surface area contributed by atoms with E-state index in [1.165, 1.54) is 31.9 Å². The molecule has 0 spiro atoms. The van der Waals surface area contributed by atoms with Crippen LogP contribution in [0.5, 0.6) is 0 Å². The Morgan fingerprint density at radius 3 is 2.70 bits per heavy atom. The molecule has 3 heterocycles. The zero-order chi connectivity index (χ0) is 27.7. The number of fused-ring (bicyclic) bond motifs is 1. The molecule has 1 aliphatic carbocycles. The lowest BCUT2D eigenvalue weighted by Crippen LogP contribution is -2.23. The van der Waals surface area contributed by atoms with E-state index in [4.69, 9.17) is 24.4 Å². The number of hydrogen-bond donors (Lipinski definition) is 2. The zero-order valence-corrected chi connectivity index (χ0v) is 24.0. The molecule has 2 fully saturated rings. The smallest absolute Gasteiger partial charge is 0.305 e. The van der Waals surface area contributed by atoms with Gasteiger partial charge in [0.05, 0.1) is 13.4 Å². The Bertz CT molecular complexity index is 1250. The second-order valence-corrected chi connectivity index (χ2v) is 11.2. The molecule has 3 aromatic rings. The zero-order valence-electron chi connectivity index (χ0n) is 24.0. The SMILES string of the molecule is CCCCC(CCC(=O)OC)c1ccccc1Nc1nc(NC2CCCCC2)c2ncn(C3CCCCO3)c2n1. The minimum atomic E-state index is -0.169. The minimum absolute atomic E-state index is 0.0620. The number of para-hydroxylation sites is 1. The number of esters is 1. The predicted octanol–water partition coefficient (Wildman–Crippen LogP) is 7.24.